The fraction of sp³-hybridized carbons (Fsp3) is 0.289. The molecule has 10 aromatic rings. The van der Waals surface area contributed by atoms with Crippen LogP contribution in [0.5, 0.6) is 0 Å². The van der Waals surface area contributed by atoms with Crippen molar-refractivity contribution in [2.24, 2.45) is 0 Å². The first-order chi connectivity index (χ1) is 37.7. The Kier molecular flexibility index (Phi) is 10.5. The van der Waals surface area contributed by atoms with Crippen LogP contribution in [0.1, 0.15) is 155 Å². The van der Waals surface area contributed by atoms with Gasteiger partial charge in [-0.3, -0.25) is 0 Å². The second kappa shape index (κ2) is 16.5. The fourth-order valence-corrected chi connectivity index (χ4v) is 14.7. The second-order valence-electron chi connectivity index (χ2n) is 29.1. The summed E-state index contributed by atoms with van der Waals surface area (Å²) in [6.07, 6.45) is 0. The molecule has 3 heterocycles. The molecule has 3 nitrogen and oxygen atoms in total. The zero-order valence-corrected chi connectivity index (χ0v) is 50.1. The molecule has 0 bridgehead atoms. The van der Waals surface area contributed by atoms with Crippen molar-refractivity contribution in [3.8, 4) is 39.1 Å². The average molecular weight is 1040 g/mol. The van der Waals surface area contributed by atoms with Gasteiger partial charge in [-0.2, -0.15) is 0 Å². The number of nitrogens with zero attached hydrogens (tertiary/aromatic N) is 3. The average Bonchev–Trinajstić information content (AvgIpc) is 4.18. The smallest absolute Gasteiger partial charge is 0.333 e. The molecule has 0 saturated carbocycles. The highest BCUT2D eigenvalue weighted by molar-refractivity contribution is 6.94. The van der Waals surface area contributed by atoms with E-state index in [1.165, 1.54) is 128 Å². The topological polar surface area (TPSA) is 11.4 Å². The number of hydrogen-bond acceptors (Lipinski definition) is 2. The van der Waals surface area contributed by atoms with Gasteiger partial charge in [-0.05, 0) is 172 Å². The molecule has 4 heteroatoms. The van der Waals surface area contributed by atoms with Crippen molar-refractivity contribution in [3.05, 3.63) is 214 Å². The van der Waals surface area contributed by atoms with E-state index in [0.29, 0.717) is 0 Å². The highest BCUT2D eigenvalue weighted by Gasteiger charge is 2.51. The zero-order valence-electron chi connectivity index (χ0n) is 50.1. The molecule has 9 aromatic carbocycles. The molecule has 1 aromatic heterocycles. The van der Waals surface area contributed by atoms with Crippen molar-refractivity contribution < 1.29 is 0 Å². The summed E-state index contributed by atoms with van der Waals surface area (Å²) in [5, 5.41) is 2.73. The van der Waals surface area contributed by atoms with E-state index in [9.17, 15) is 0 Å². The van der Waals surface area contributed by atoms with E-state index in [4.69, 9.17) is 0 Å². The van der Waals surface area contributed by atoms with Crippen LogP contribution in [-0.4, -0.2) is 11.4 Å². The van der Waals surface area contributed by atoms with Gasteiger partial charge in [-0.25, -0.2) is 0 Å². The molecular weight excluding hydrogens is 966 g/mol. The third kappa shape index (κ3) is 7.12. The Labute approximate surface area is 476 Å². The predicted octanol–water partition coefficient (Wildman–Crippen LogP) is 19.3. The maximum atomic E-state index is 2.76. The van der Waals surface area contributed by atoms with Crippen LogP contribution < -0.4 is 20.6 Å². The lowest BCUT2D eigenvalue weighted by Gasteiger charge is -2.44. The molecule has 2 aliphatic heterocycles. The Morgan fingerprint density at radius 1 is 0.412 bits per heavy atom. The van der Waals surface area contributed by atoms with Gasteiger partial charge >= 0.3 is 6.85 Å². The number of anilines is 5. The van der Waals surface area contributed by atoms with E-state index in [2.05, 4.69) is 295 Å². The Hall–Kier alpha value is -7.56. The molecule has 0 fully saturated rings. The number of fused-ring (bicyclic) bond motifs is 16. The van der Waals surface area contributed by atoms with Gasteiger partial charge in [0.25, 0.3) is 0 Å². The van der Waals surface area contributed by atoms with Crippen LogP contribution in [0.15, 0.2) is 170 Å². The Morgan fingerprint density at radius 2 is 0.925 bits per heavy atom. The van der Waals surface area contributed by atoms with Gasteiger partial charge in [-0.15, -0.1) is 0 Å². The summed E-state index contributed by atoms with van der Waals surface area (Å²) in [6, 6.07) is 67.0. The minimum absolute atomic E-state index is 0.0119. The number of rotatable bonds is 4. The Balaban J connectivity index is 1.16. The van der Waals surface area contributed by atoms with Crippen molar-refractivity contribution in [2.75, 3.05) is 9.71 Å². The van der Waals surface area contributed by atoms with Crippen LogP contribution in [0, 0.1) is 0 Å². The maximum absolute atomic E-state index is 2.76. The van der Waals surface area contributed by atoms with Crippen molar-refractivity contribution in [1.82, 2.24) is 4.57 Å². The van der Waals surface area contributed by atoms with Crippen molar-refractivity contribution in [2.45, 2.75) is 143 Å². The largest absolute Gasteiger partial charge is 0.376 e. The van der Waals surface area contributed by atoms with Gasteiger partial charge < -0.3 is 14.3 Å². The number of hydrogen-bond donors (Lipinski definition) is 0. The highest BCUT2D eigenvalue weighted by atomic mass is 15.2. The van der Waals surface area contributed by atoms with E-state index in [0.717, 1.165) is 17.1 Å². The first kappa shape index (κ1) is 50.6. The summed E-state index contributed by atoms with van der Waals surface area (Å²) in [7, 11) is 0. The lowest BCUT2D eigenvalue weighted by molar-refractivity contribution is 0.590. The third-order valence-corrected chi connectivity index (χ3v) is 19.2. The maximum Gasteiger partial charge on any atom is 0.333 e. The number of benzene rings is 9. The molecule has 398 valence electrons. The summed E-state index contributed by atoms with van der Waals surface area (Å²) in [4.78, 5) is 5.25. The van der Waals surface area contributed by atoms with Crippen LogP contribution in [0.4, 0.5) is 28.4 Å². The van der Waals surface area contributed by atoms with Gasteiger partial charge in [-0.1, -0.05) is 214 Å². The van der Waals surface area contributed by atoms with Crippen LogP contribution in [0.2, 0.25) is 0 Å². The van der Waals surface area contributed by atoms with E-state index < -0.39 is 0 Å². The first-order valence-corrected chi connectivity index (χ1v) is 29.4. The predicted molar refractivity (Wildman–Crippen MR) is 344 cm³/mol. The van der Waals surface area contributed by atoms with Crippen LogP contribution >= 0.6 is 0 Å². The summed E-state index contributed by atoms with van der Waals surface area (Å²) in [5.74, 6) is 0. The first-order valence-electron chi connectivity index (χ1n) is 29.4. The monoisotopic (exact) mass is 1040 g/mol. The molecule has 14 rings (SSSR count). The van der Waals surface area contributed by atoms with Gasteiger partial charge in [0.05, 0.1) is 11.0 Å². The van der Waals surface area contributed by atoms with E-state index in [-0.39, 0.29) is 39.3 Å². The summed E-state index contributed by atoms with van der Waals surface area (Å²) in [5.41, 5.74) is 30.9. The molecule has 0 amide bonds. The zero-order chi connectivity index (χ0) is 56.1. The van der Waals surface area contributed by atoms with E-state index in [1.807, 2.05) is 0 Å². The molecule has 80 heavy (non-hydrogen) atoms. The third-order valence-electron chi connectivity index (χ3n) is 19.2. The molecule has 0 radical (unpaired) electrons. The molecule has 4 aliphatic rings. The fourth-order valence-electron chi connectivity index (χ4n) is 14.7. The van der Waals surface area contributed by atoms with Gasteiger partial charge in [0, 0.05) is 61.3 Å². The molecule has 2 aliphatic carbocycles. The van der Waals surface area contributed by atoms with Gasteiger partial charge in [0.1, 0.15) is 0 Å². The lowest BCUT2D eigenvalue weighted by Crippen LogP contribution is -2.61. The quantitative estimate of drug-likeness (QED) is 0.163. The van der Waals surface area contributed by atoms with Gasteiger partial charge in [0.15, 0.2) is 0 Å². The molecule has 0 saturated heterocycles. The minimum Gasteiger partial charge on any atom is -0.376 e. The SMILES string of the molecule is CC(C)(C)c1ccc(N2B3c4cc5c(cc4-n4c6ccc(C(C)(C)C)cc6c6c7c(c(c3c64)-c3ccc(N(c4ccc(C(C)(C)C)cc4)c4ccc(C(C)(C)C)cc4)cc32)-c2ccccc2C7(C)C)-c2ccccc2C5(C)C)cc1. The van der Waals surface area contributed by atoms with Gasteiger partial charge in [0.2, 0.25) is 0 Å². The minimum atomic E-state index is -0.288. The van der Waals surface area contributed by atoms with E-state index in [1.54, 1.807) is 0 Å². The molecule has 0 atom stereocenters. The standard InChI is InChI=1S/C76H76BN3/c1-71(2,3)45-25-32-49(33-26-45)78(50-34-27-46(28-35-50)72(4,5)6)52-38-39-55-63(42-52)80(51-36-29-47(30-37-51)73(7,8)9)77-61-44-60-56(53-21-17-19-23-58(53)75(60,13)14)43-64(61)79-62-40-31-48(74(10,11)12)41-57(62)67-68-65(66(55)69(77)70(67)79)54-22-18-20-24-59(54)76(68,15)16/h17-44H,1-16H3. The summed E-state index contributed by atoms with van der Waals surface area (Å²) >= 11 is 0. The van der Waals surface area contributed by atoms with Crippen LogP contribution in [-0.2, 0) is 32.5 Å². The Morgan fingerprint density at radius 3 is 1.50 bits per heavy atom. The molecule has 0 spiro atoms. The highest BCUT2D eigenvalue weighted by Crippen LogP contribution is 2.60. The second-order valence-corrected chi connectivity index (χ2v) is 29.1. The van der Waals surface area contributed by atoms with Crippen molar-refractivity contribution in [3.63, 3.8) is 0 Å². The van der Waals surface area contributed by atoms with Crippen molar-refractivity contribution in [1.29, 1.82) is 0 Å². The summed E-state index contributed by atoms with van der Waals surface area (Å²) < 4.78 is 2.72. The van der Waals surface area contributed by atoms with Crippen LogP contribution in [0.25, 0.3) is 60.9 Å². The Bertz CT molecular complexity index is 4190. The van der Waals surface area contributed by atoms with Crippen LogP contribution in [0.3, 0.4) is 0 Å². The molecule has 0 unspecified atom stereocenters. The van der Waals surface area contributed by atoms with E-state index >= 15 is 0 Å². The van der Waals surface area contributed by atoms with Crippen molar-refractivity contribution >= 4 is 68.0 Å². The molecule has 0 N–H and O–H groups in total. The normalized spacial score (nSPS) is 15.4. The molecular formula is C76H76BN3. The number of aromatic nitrogens is 1. The lowest BCUT2D eigenvalue weighted by atomic mass is 9.43. The summed E-state index contributed by atoms with van der Waals surface area (Å²) in [6.45, 7) is 37.6.